The lowest BCUT2D eigenvalue weighted by atomic mass is 10.0. The fourth-order valence-electron chi connectivity index (χ4n) is 2.03. The van der Waals surface area contributed by atoms with Crippen LogP contribution in [0.1, 0.15) is 24.4 Å². The molecule has 8 heteroatoms. The first-order valence-corrected chi connectivity index (χ1v) is 6.80. The summed E-state index contributed by atoms with van der Waals surface area (Å²) < 4.78 is 1.40. The summed E-state index contributed by atoms with van der Waals surface area (Å²) in [4.78, 5) is 23.3. The van der Waals surface area contributed by atoms with Crippen LogP contribution in [0.2, 0.25) is 0 Å². The second kappa shape index (κ2) is 6.79. The van der Waals surface area contributed by atoms with Crippen LogP contribution in [0.25, 0.3) is 0 Å². The Morgan fingerprint density at radius 1 is 1.32 bits per heavy atom. The quantitative estimate of drug-likeness (QED) is 0.797. The Morgan fingerprint density at radius 3 is 2.55 bits per heavy atom. The lowest BCUT2D eigenvalue weighted by Gasteiger charge is -2.19. The van der Waals surface area contributed by atoms with Gasteiger partial charge >= 0.3 is 5.97 Å². The van der Waals surface area contributed by atoms with Crippen molar-refractivity contribution in [3.05, 3.63) is 41.7 Å². The first-order chi connectivity index (χ1) is 10.5. The van der Waals surface area contributed by atoms with E-state index in [4.69, 9.17) is 5.11 Å². The van der Waals surface area contributed by atoms with Gasteiger partial charge in [0.05, 0.1) is 0 Å². The van der Waals surface area contributed by atoms with Gasteiger partial charge in [0.1, 0.15) is 17.9 Å². The van der Waals surface area contributed by atoms with Crippen molar-refractivity contribution in [3.63, 3.8) is 0 Å². The van der Waals surface area contributed by atoms with Crippen LogP contribution >= 0.6 is 0 Å². The number of benzene rings is 1. The maximum absolute atomic E-state index is 12.4. The minimum absolute atomic E-state index is 0.366. The summed E-state index contributed by atoms with van der Waals surface area (Å²) in [5, 5.41) is 22.5. The summed E-state index contributed by atoms with van der Waals surface area (Å²) in [6.07, 6.45) is 0.366. The third kappa shape index (κ3) is 3.66. The van der Waals surface area contributed by atoms with Gasteiger partial charge in [0.15, 0.2) is 0 Å². The number of aromatic nitrogens is 4. The largest absolute Gasteiger partial charge is 0.480 e. The average Bonchev–Trinajstić information content (AvgIpc) is 2.91. The maximum atomic E-state index is 12.4. The molecule has 0 spiro atoms. The van der Waals surface area contributed by atoms with Gasteiger partial charge in [-0.1, -0.05) is 30.3 Å². The number of nitrogens with one attached hydrogen (secondary N) is 1. The predicted molar refractivity (Wildman–Crippen MR) is 77.0 cm³/mol. The third-order valence-electron chi connectivity index (χ3n) is 3.26. The van der Waals surface area contributed by atoms with Gasteiger partial charge in [-0.2, -0.15) is 0 Å². The third-order valence-corrected chi connectivity index (χ3v) is 3.26. The van der Waals surface area contributed by atoms with Gasteiger partial charge in [0, 0.05) is 6.42 Å². The number of hydrogen-bond donors (Lipinski definition) is 2. The highest BCUT2D eigenvalue weighted by molar-refractivity contribution is 5.85. The van der Waals surface area contributed by atoms with E-state index in [0.29, 0.717) is 12.2 Å². The smallest absolute Gasteiger partial charge is 0.325 e. The molecule has 0 radical (unpaired) electrons. The molecule has 1 aromatic heterocycles. The van der Waals surface area contributed by atoms with Crippen LogP contribution in [0.3, 0.4) is 0 Å². The SMILES string of the molecule is Cc1nnnn1C(Cc1ccccc1)C(=O)NC(C)C(=O)O. The van der Waals surface area contributed by atoms with Gasteiger partial charge in [-0.15, -0.1) is 5.10 Å². The minimum Gasteiger partial charge on any atom is -0.480 e. The van der Waals surface area contributed by atoms with E-state index in [0.717, 1.165) is 5.56 Å². The van der Waals surface area contributed by atoms with Crippen molar-refractivity contribution in [3.8, 4) is 0 Å². The fraction of sp³-hybridized carbons (Fsp3) is 0.357. The molecule has 1 aromatic carbocycles. The summed E-state index contributed by atoms with van der Waals surface area (Å²) in [7, 11) is 0. The molecule has 0 aliphatic rings. The summed E-state index contributed by atoms with van der Waals surface area (Å²) in [6, 6.07) is 7.71. The molecule has 8 nitrogen and oxygen atoms in total. The second-order valence-corrected chi connectivity index (χ2v) is 4.94. The van der Waals surface area contributed by atoms with Crippen LogP contribution in [0, 0.1) is 6.92 Å². The van der Waals surface area contributed by atoms with Gasteiger partial charge < -0.3 is 10.4 Å². The predicted octanol–water partition coefficient (Wildman–Crippen LogP) is 0.355. The van der Waals surface area contributed by atoms with Crippen molar-refractivity contribution in [2.75, 3.05) is 0 Å². The van der Waals surface area contributed by atoms with E-state index in [2.05, 4.69) is 20.8 Å². The van der Waals surface area contributed by atoms with E-state index >= 15 is 0 Å². The molecule has 0 aliphatic carbocycles. The number of carbonyl (C=O) groups excluding carboxylic acids is 1. The number of aryl methyl sites for hydroxylation is 1. The molecular weight excluding hydrogens is 286 g/mol. The molecule has 2 N–H and O–H groups in total. The van der Waals surface area contributed by atoms with E-state index in [9.17, 15) is 9.59 Å². The zero-order valence-electron chi connectivity index (χ0n) is 12.3. The maximum Gasteiger partial charge on any atom is 0.325 e. The molecule has 0 bridgehead atoms. The number of carboxylic acid groups (broad SMARTS) is 1. The van der Waals surface area contributed by atoms with Crippen molar-refractivity contribution < 1.29 is 14.7 Å². The average molecular weight is 303 g/mol. The summed E-state index contributed by atoms with van der Waals surface area (Å²) in [6.45, 7) is 3.10. The summed E-state index contributed by atoms with van der Waals surface area (Å²) in [5.74, 6) is -1.05. The molecule has 2 atom stereocenters. The molecule has 1 heterocycles. The highest BCUT2D eigenvalue weighted by atomic mass is 16.4. The van der Waals surface area contributed by atoms with Crippen LogP contribution in [0.5, 0.6) is 0 Å². The highest BCUT2D eigenvalue weighted by Crippen LogP contribution is 2.15. The monoisotopic (exact) mass is 303 g/mol. The van der Waals surface area contributed by atoms with Crippen LogP contribution < -0.4 is 5.32 Å². The Kier molecular flexibility index (Phi) is 4.82. The number of amides is 1. The number of carboxylic acids is 1. The van der Waals surface area contributed by atoms with Crippen LogP contribution in [-0.4, -0.2) is 43.2 Å². The minimum atomic E-state index is -1.10. The molecule has 2 unspecified atom stereocenters. The normalized spacial score (nSPS) is 13.4. The number of carbonyl (C=O) groups is 2. The van der Waals surface area contributed by atoms with E-state index in [1.54, 1.807) is 6.92 Å². The number of tetrazole rings is 1. The molecule has 0 fully saturated rings. The molecule has 0 saturated heterocycles. The van der Waals surface area contributed by atoms with Crippen LogP contribution in [-0.2, 0) is 16.0 Å². The van der Waals surface area contributed by atoms with Gasteiger partial charge in [-0.05, 0) is 29.8 Å². The Balaban J connectivity index is 2.24. The van der Waals surface area contributed by atoms with E-state index in [1.807, 2.05) is 30.3 Å². The Hall–Kier alpha value is -2.77. The van der Waals surface area contributed by atoms with Gasteiger partial charge in [0.25, 0.3) is 0 Å². The molecule has 0 saturated carbocycles. The second-order valence-electron chi connectivity index (χ2n) is 4.94. The molecular formula is C14H17N5O3. The molecule has 22 heavy (non-hydrogen) atoms. The Labute approximate surface area is 127 Å². The molecule has 0 aliphatic heterocycles. The van der Waals surface area contributed by atoms with Crippen molar-refractivity contribution in [2.24, 2.45) is 0 Å². The van der Waals surface area contributed by atoms with Crippen LogP contribution in [0.4, 0.5) is 0 Å². The topological polar surface area (TPSA) is 110 Å². The zero-order chi connectivity index (χ0) is 16.1. The lowest BCUT2D eigenvalue weighted by molar-refractivity contribution is -0.141. The van der Waals surface area contributed by atoms with Crippen molar-refractivity contribution in [1.82, 2.24) is 25.5 Å². The first kappa shape index (κ1) is 15.6. The number of aliphatic carboxylic acids is 1. The van der Waals surface area contributed by atoms with E-state index in [-0.39, 0.29) is 0 Å². The Morgan fingerprint density at radius 2 is 2.00 bits per heavy atom. The number of rotatable bonds is 6. The molecule has 1 amide bonds. The highest BCUT2D eigenvalue weighted by Gasteiger charge is 2.26. The Bertz CT molecular complexity index is 656. The van der Waals surface area contributed by atoms with Crippen LogP contribution in [0.15, 0.2) is 30.3 Å². The summed E-state index contributed by atoms with van der Waals surface area (Å²) >= 11 is 0. The van der Waals surface area contributed by atoms with Crippen molar-refractivity contribution in [2.45, 2.75) is 32.4 Å². The lowest BCUT2D eigenvalue weighted by Crippen LogP contribution is -2.43. The van der Waals surface area contributed by atoms with Crippen molar-refractivity contribution >= 4 is 11.9 Å². The molecule has 2 aromatic rings. The standard InChI is InChI=1S/C14H17N5O3/c1-9(14(21)22)15-13(20)12(19-10(2)16-17-18-19)8-11-6-4-3-5-7-11/h3-7,9,12H,8H2,1-2H3,(H,15,20)(H,21,22). The van der Waals surface area contributed by atoms with Gasteiger partial charge in [0.2, 0.25) is 5.91 Å². The number of hydrogen-bond acceptors (Lipinski definition) is 5. The fourth-order valence-corrected chi connectivity index (χ4v) is 2.03. The van der Waals surface area contributed by atoms with E-state index < -0.39 is 24.0 Å². The van der Waals surface area contributed by atoms with E-state index in [1.165, 1.54) is 11.6 Å². The summed E-state index contributed by atoms with van der Waals surface area (Å²) in [5.41, 5.74) is 0.931. The zero-order valence-corrected chi connectivity index (χ0v) is 12.3. The van der Waals surface area contributed by atoms with Gasteiger partial charge in [-0.25, -0.2) is 4.68 Å². The number of nitrogens with zero attached hydrogens (tertiary/aromatic N) is 4. The van der Waals surface area contributed by atoms with Gasteiger partial charge in [-0.3, -0.25) is 9.59 Å². The molecule has 116 valence electrons. The first-order valence-electron chi connectivity index (χ1n) is 6.80. The van der Waals surface area contributed by atoms with Crippen molar-refractivity contribution in [1.29, 1.82) is 0 Å². The molecule has 2 rings (SSSR count).